The Balaban J connectivity index is 1.57. The molecule has 4 nitrogen and oxygen atoms in total. The topological polar surface area (TPSA) is 43.1 Å². The Morgan fingerprint density at radius 1 is 0.964 bits per heavy atom. The summed E-state index contributed by atoms with van der Waals surface area (Å²) < 4.78 is 2.21. The lowest BCUT2D eigenvalue weighted by Gasteiger charge is -2.09. The summed E-state index contributed by atoms with van der Waals surface area (Å²) in [6, 6.07) is 12.8. The van der Waals surface area contributed by atoms with Gasteiger partial charge in [0.15, 0.2) is 0 Å². The molecule has 0 unspecified atom stereocenters. The van der Waals surface area contributed by atoms with Crippen molar-refractivity contribution in [2.24, 2.45) is 0 Å². The molecule has 1 aromatic carbocycles. The third-order valence-corrected chi connectivity index (χ3v) is 5.29. The average Bonchev–Trinajstić information content (AvgIpc) is 3.53. The maximum Gasteiger partial charge on any atom is 0.137 e. The van der Waals surface area contributed by atoms with Crippen molar-refractivity contribution < 1.29 is 0 Å². The van der Waals surface area contributed by atoms with Crippen LogP contribution in [-0.4, -0.2) is 19.4 Å². The summed E-state index contributed by atoms with van der Waals surface area (Å²) in [5, 5.41) is 0. The molecule has 5 rings (SSSR count). The molecular formula is C24H21N4. The number of nitrogens with zero attached hydrogens (tertiary/aromatic N) is 4. The standard InChI is InChI=1S/C24H21N4/c1-3-23-25-13-20(14-26-23)19-10-11-24-27-16(2)22(28(24)15-19)12-18-6-4-5-7-21(18)17-8-9-17/h4-11,13-15H,3,12H2,1-2H3. The van der Waals surface area contributed by atoms with Crippen LogP contribution in [0.15, 0.2) is 61.1 Å². The molecule has 28 heavy (non-hydrogen) atoms. The van der Waals surface area contributed by atoms with Crippen LogP contribution in [0.5, 0.6) is 0 Å². The van der Waals surface area contributed by atoms with Crippen LogP contribution in [0.2, 0.25) is 0 Å². The smallest absolute Gasteiger partial charge is 0.137 e. The van der Waals surface area contributed by atoms with Crippen molar-refractivity contribution in [1.29, 1.82) is 0 Å². The Labute approximate surface area is 164 Å². The zero-order valence-electron chi connectivity index (χ0n) is 16.1. The molecule has 4 heteroatoms. The first kappa shape index (κ1) is 16.9. The lowest BCUT2D eigenvalue weighted by Crippen LogP contribution is -1.99. The molecule has 1 aliphatic rings. The zero-order chi connectivity index (χ0) is 19.1. The molecule has 0 spiro atoms. The minimum Gasteiger partial charge on any atom is -0.303 e. The summed E-state index contributed by atoms with van der Waals surface area (Å²) in [6.45, 7) is 4.15. The van der Waals surface area contributed by atoms with Crippen LogP contribution in [-0.2, 0) is 12.8 Å². The van der Waals surface area contributed by atoms with Gasteiger partial charge in [0.2, 0.25) is 0 Å². The van der Waals surface area contributed by atoms with Gasteiger partial charge in [0, 0.05) is 54.7 Å². The van der Waals surface area contributed by atoms with Gasteiger partial charge in [-0.3, -0.25) is 0 Å². The van der Waals surface area contributed by atoms with Crippen molar-refractivity contribution in [3.63, 3.8) is 0 Å². The summed E-state index contributed by atoms with van der Waals surface area (Å²) in [5.41, 5.74) is 9.35. The van der Waals surface area contributed by atoms with E-state index in [4.69, 9.17) is 4.98 Å². The van der Waals surface area contributed by atoms with E-state index in [1.54, 1.807) is 0 Å². The molecule has 0 saturated heterocycles. The molecule has 137 valence electrons. The minimum atomic E-state index is 0.845. The molecule has 0 N–H and O–H groups in total. The van der Waals surface area contributed by atoms with Crippen LogP contribution in [0.1, 0.15) is 35.3 Å². The van der Waals surface area contributed by atoms with Crippen molar-refractivity contribution in [2.45, 2.75) is 26.7 Å². The van der Waals surface area contributed by atoms with E-state index in [-0.39, 0.29) is 0 Å². The predicted molar refractivity (Wildman–Crippen MR) is 112 cm³/mol. The van der Waals surface area contributed by atoms with Crippen LogP contribution < -0.4 is 0 Å². The van der Waals surface area contributed by atoms with Gasteiger partial charge < -0.3 is 4.40 Å². The molecule has 0 amide bonds. The number of aromatic nitrogens is 4. The lowest BCUT2D eigenvalue weighted by atomic mass is 10.00. The molecular weight excluding hydrogens is 344 g/mol. The molecule has 0 atom stereocenters. The van der Waals surface area contributed by atoms with Crippen molar-refractivity contribution in [3.8, 4) is 11.1 Å². The second kappa shape index (κ2) is 6.71. The van der Waals surface area contributed by atoms with Gasteiger partial charge in [0.1, 0.15) is 11.5 Å². The molecule has 1 radical (unpaired) electrons. The number of fused-ring (bicyclic) bond motifs is 1. The first-order chi connectivity index (χ1) is 13.7. The van der Waals surface area contributed by atoms with E-state index in [1.807, 2.05) is 12.4 Å². The largest absolute Gasteiger partial charge is 0.303 e. The van der Waals surface area contributed by atoms with E-state index < -0.39 is 0 Å². The van der Waals surface area contributed by atoms with Crippen LogP contribution in [0, 0.1) is 13.3 Å². The Morgan fingerprint density at radius 3 is 2.50 bits per heavy atom. The molecule has 3 heterocycles. The molecule has 0 fully saturated rings. The summed E-state index contributed by atoms with van der Waals surface area (Å²) >= 11 is 0. The first-order valence-corrected chi connectivity index (χ1v) is 9.65. The lowest BCUT2D eigenvalue weighted by molar-refractivity contribution is 0.940. The fraction of sp³-hybridized carbons (Fsp3) is 0.167. The number of benzene rings is 1. The van der Waals surface area contributed by atoms with E-state index in [2.05, 4.69) is 83.3 Å². The number of allylic oxidation sites excluding steroid dienone is 2. The Kier molecular flexibility index (Phi) is 4.05. The van der Waals surface area contributed by atoms with E-state index in [9.17, 15) is 0 Å². The normalized spacial score (nSPS) is 13.0. The quantitative estimate of drug-likeness (QED) is 0.507. The molecule has 1 aliphatic carbocycles. The highest BCUT2D eigenvalue weighted by atomic mass is 15.0. The molecule has 0 saturated carbocycles. The summed E-state index contributed by atoms with van der Waals surface area (Å²) in [6.07, 6.45) is 12.0. The van der Waals surface area contributed by atoms with Gasteiger partial charge in [0.25, 0.3) is 0 Å². The fourth-order valence-electron chi connectivity index (χ4n) is 3.64. The van der Waals surface area contributed by atoms with Gasteiger partial charge in [-0.2, -0.15) is 0 Å². The van der Waals surface area contributed by atoms with Gasteiger partial charge in [-0.1, -0.05) is 37.3 Å². The Bertz CT molecular complexity index is 1200. The molecule has 3 aromatic heterocycles. The van der Waals surface area contributed by atoms with Crippen LogP contribution in [0.3, 0.4) is 0 Å². The minimum absolute atomic E-state index is 0.845. The highest BCUT2D eigenvalue weighted by Crippen LogP contribution is 2.33. The summed E-state index contributed by atoms with van der Waals surface area (Å²) in [5.74, 6) is 0.867. The van der Waals surface area contributed by atoms with Crippen LogP contribution in [0.4, 0.5) is 0 Å². The molecule has 4 aromatic rings. The van der Waals surface area contributed by atoms with Crippen molar-refractivity contribution in [2.75, 3.05) is 0 Å². The average molecular weight is 365 g/mol. The summed E-state index contributed by atoms with van der Waals surface area (Å²) in [7, 11) is 0. The van der Waals surface area contributed by atoms with Crippen molar-refractivity contribution in [1.82, 2.24) is 19.4 Å². The number of hydrogen-bond donors (Lipinski definition) is 0. The van der Waals surface area contributed by atoms with Gasteiger partial charge in [-0.25, -0.2) is 15.0 Å². The highest BCUT2D eigenvalue weighted by Gasteiger charge is 2.17. The molecule has 0 bridgehead atoms. The van der Waals surface area contributed by atoms with Crippen molar-refractivity contribution in [3.05, 3.63) is 95.8 Å². The number of aryl methyl sites for hydroxylation is 2. The fourth-order valence-corrected chi connectivity index (χ4v) is 3.64. The Hall–Kier alpha value is -3.27. The number of rotatable bonds is 5. The maximum absolute atomic E-state index is 4.77. The van der Waals surface area contributed by atoms with Gasteiger partial charge in [-0.05, 0) is 35.8 Å². The van der Waals surface area contributed by atoms with E-state index in [1.165, 1.54) is 22.4 Å². The first-order valence-electron chi connectivity index (χ1n) is 9.65. The SMILES string of the molecule is CCc1ncc(-c2ccc3nc(C)c(Cc4ccccc4C4=C[CH]4)n3c2)cn1. The van der Waals surface area contributed by atoms with E-state index >= 15 is 0 Å². The number of hydrogen-bond acceptors (Lipinski definition) is 3. The van der Waals surface area contributed by atoms with Crippen LogP contribution in [0.25, 0.3) is 22.3 Å². The van der Waals surface area contributed by atoms with E-state index in [0.717, 1.165) is 41.1 Å². The zero-order valence-corrected chi connectivity index (χ0v) is 16.1. The van der Waals surface area contributed by atoms with Gasteiger partial charge in [0.05, 0.1) is 5.69 Å². The third-order valence-electron chi connectivity index (χ3n) is 5.29. The Morgan fingerprint density at radius 2 is 1.75 bits per heavy atom. The summed E-state index contributed by atoms with van der Waals surface area (Å²) in [4.78, 5) is 13.7. The molecule has 0 aliphatic heterocycles. The maximum atomic E-state index is 4.77. The number of pyridine rings is 1. The van der Waals surface area contributed by atoms with Gasteiger partial charge in [-0.15, -0.1) is 0 Å². The van der Waals surface area contributed by atoms with Gasteiger partial charge >= 0.3 is 0 Å². The van der Waals surface area contributed by atoms with E-state index in [0.29, 0.717) is 0 Å². The second-order valence-electron chi connectivity index (χ2n) is 7.15. The second-order valence-corrected chi connectivity index (χ2v) is 7.15. The highest BCUT2D eigenvalue weighted by molar-refractivity contribution is 5.88. The third kappa shape index (κ3) is 3.01. The van der Waals surface area contributed by atoms with Crippen LogP contribution >= 0.6 is 0 Å². The predicted octanol–water partition coefficient (Wildman–Crippen LogP) is 4.85. The monoisotopic (exact) mass is 365 g/mol. The number of imidazole rings is 1. The van der Waals surface area contributed by atoms with Crippen molar-refractivity contribution >= 4 is 11.2 Å².